The van der Waals surface area contributed by atoms with Gasteiger partial charge in [0.1, 0.15) is 0 Å². The lowest BCUT2D eigenvalue weighted by Gasteiger charge is -2.35. The minimum absolute atomic E-state index is 0.181. The van der Waals surface area contributed by atoms with E-state index in [1.54, 1.807) is 28.0 Å². The molecule has 1 saturated heterocycles. The molecule has 0 radical (unpaired) electrons. The van der Waals surface area contributed by atoms with Gasteiger partial charge in [-0.05, 0) is 30.5 Å². The Bertz CT molecular complexity index is 1250. The van der Waals surface area contributed by atoms with E-state index in [1.807, 2.05) is 25.5 Å². The molecule has 2 N–H and O–H groups in total. The monoisotopic (exact) mass is 421 g/mol. The Labute approximate surface area is 179 Å². The summed E-state index contributed by atoms with van der Waals surface area (Å²) < 4.78 is 21.1. The zero-order chi connectivity index (χ0) is 21.5. The fourth-order valence-corrected chi connectivity index (χ4v) is 4.29. The topological polar surface area (TPSA) is 84.8 Å². The van der Waals surface area contributed by atoms with Crippen LogP contribution in [0.5, 0.6) is 5.75 Å². The number of hydrazine groups is 1. The number of nitrogens with two attached hydrogens (primary N) is 1. The molecule has 8 nitrogen and oxygen atoms in total. The maximum atomic E-state index is 14.1. The molecule has 1 aromatic carbocycles. The molecule has 9 heteroatoms. The molecule has 1 fully saturated rings. The molecule has 0 spiro atoms. The molecule has 4 heterocycles. The van der Waals surface area contributed by atoms with E-state index < -0.39 is 5.82 Å². The highest BCUT2D eigenvalue weighted by Gasteiger charge is 2.22. The highest BCUT2D eigenvalue weighted by molar-refractivity contribution is 5.98. The third kappa shape index (κ3) is 3.45. The van der Waals surface area contributed by atoms with Crippen LogP contribution in [-0.2, 0) is 0 Å². The molecule has 31 heavy (non-hydrogen) atoms. The van der Waals surface area contributed by atoms with Gasteiger partial charge < -0.3 is 9.64 Å². The fraction of sp³-hybridized carbons (Fsp3) is 0.318. The number of halogens is 1. The first kappa shape index (κ1) is 19.7. The van der Waals surface area contributed by atoms with E-state index in [4.69, 9.17) is 15.6 Å². The number of pyridine rings is 1. The molecule has 3 aromatic heterocycles. The summed E-state index contributed by atoms with van der Waals surface area (Å²) in [5, 5.41) is 7.12. The van der Waals surface area contributed by atoms with Crippen molar-refractivity contribution in [1.82, 2.24) is 24.6 Å². The molecule has 1 aliphatic heterocycles. The van der Waals surface area contributed by atoms with E-state index in [0.29, 0.717) is 11.6 Å². The third-order valence-electron chi connectivity index (χ3n) is 6.05. The smallest absolute Gasteiger partial charge is 0.167 e. The molecule has 5 rings (SSSR count). The lowest BCUT2D eigenvalue weighted by molar-refractivity contribution is 0.212. The number of ether oxygens (including phenoxy) is 1. The zero-order valence-corrected chi connectivity index (χ0v) is 17.5. The van der Waals surface area contributed by atoms with Crippen molar-refractivity contribution in [2.24, 2.45) is 5.84 Å². The summed E-state index contributed by atoms with van der Waals surface area (Å²) in [4.78, 5) is 11.3. The SMILES string of the molecule is COc1cc2c(-c3cnn4cc(N5CCC(N(C)N)CC5)cnc34)ccnc2cc1F. The Morgan fingerprint density at radius 2 is 1.97 bits per heavy atom. The Morgan fingerprint density at radius 1 is 1.16 bits per heavy atom. The first-order valence-corrected chi connectivity index (χ1v) is 10.2. The average molecular weight is 421 g/mol. The summed E-state index contributed by atoms with van der Waals surface area (Å²) in [6.45, 7) is 1.85. The van der Waals surface area contributed by atoms with Crippen molar-refractivity contribution >= 4 is 22.2 Å². The lowest BCUT2D eigenvalue weighted by Crippen LogP contribution is -2.46. The quantitative estimate of drug-likeness (QED) is 0.401. The average Bonchev–Trinajstić information content (AvgIpc) is 3.21. The minimum Gasteiger partial charge on any atom is -0.494 e. The van der Waals surface area contributed by atoms with Crippen molar-refractivity contribution in [3.8, 4) is 16.9 Å². The van der Waals surface area contributed by atoms with E-state index in [0.717, 1.165) is 53.8 Å². The summed E-state index contributed by atoms with van der Waals surface area (Å²) in [6.07, 6.45) is 9.36. The van der Waals surface area contributed by atoms with E-state index >= 15 is 0 Å². The molecule has 0 bridgehead atoms. The van der Waals surface area contributed by atoms with Gasteiger partial charge in [-0.2, -0.15) is 5.10 Å². The van der Waals surface area contributed by atoms with Gasteiger partial charge in [0, 0.05) is 49.4 Å². The van der Waals surface area contributed by atoms with Crippen LogP contribution >= 0.6 is 0 Å². The van der Waals surface area contributed by atoms with E-state index in [9.17, 15) is 4.39 Å². The molecular weight excluding hydrogens is 397 g/mol. The van der Waals surface area contributed by atoms with Crippen LogP contribution in [0.2, 0.25) is 0 Å². The van der Waals surface area contributed by atoms with Crippen molar-refractivity contribution in [3.05, 3.63) is 48.8 Å². The number of anilines is 1. The second kappa shape index (κ2) is 7.75. The first-order chi connectivity index (χ1) is 15.0. The summed E-state index contributed by atoms with van der Waals surface area (Å²) in [5.41, 5.74) is 4.06. The van der Waals surface area contributed by atoms with Crippen molar-refractivity contribution in [2.45, 2.75) is 18.9 Å². The first-order valence-electron chi connectivity index (χ1n) is 10.2. The van der Waals surface area contributed by atoms with E-state index in [1.165, 1.54) is 13.2 Å². The maximum absolute atomic E-state index is 14.1. The number of hydrogen-bond acceptors (Lipinski definition) is 7. The lowest BCUT2D eigenvalue weighted by atomic mass is 10.0. The molecule has 0 unspecified atom stereocenters. The highest BCUT2D eigenvalue weighted by atomic mass is 19.1. The normalized spacial score (nSPS) is 15.3. The number of aromatic nitrogens is 4. The predicted molar refractivity (Wildman–Crippen MR) is 117 cm³/mol. The summed E-state index contributed by atoms with van der Waals surface area (Å²) in [6, 6.07) is 5.35. The minimum atomic E-state index is -0.438. The van der Waals surface area contributed by atoms with Crippen LogP contribution in [0, 0.1) is 5.82 Å². The number of hydrogen-bond donors (Lipinski definition) is 1. The van der Waals surface area contributed by atoms with Gasteiger partial charge in [-0.3, -0.25) is 10.8 Å². The van der Waals surface area contributed by atoms with Gasteiger partial charge in [0.05, 0.1) is 36.9 Å². The maximum Gasteiger partial charge on any atom is 0.167 e. The molecule has 160 valence electrons. The van der Waals surface area contributed by atoms with Gasteiger partial charge in [-0.25, -0.2) is 18.9 Å². The summed E-state index contributed by atoms with van der Waals surface area (Å²) in [7, 11) is 3.37. The predicted octanol–water partition coefficient (Wildman–Crippen LogP) is 2.87. The van der Waals surface area contributed by atoms with Gasteiger partial charge in [0.15, 0.2) is 17.2 Å². The molecule has 0 amide bonds. The van der Waals surface area contributed by atoms with Gasteiger partial charge >= 0.3 is 0 Å². The zero-order valence-electron chi connectivity index (χ0n) is 17.5. The second-order valence-electron chi connectivity index (χ2n) is 7.88. The van der Waals surface area contributed by atoms with Gasteiger partial charge in [-0.1, -0.05) is 0 Å². The number of nitrogens with zero attached hydrogens (tertiary/aromatic N) is 6. The van der Waals surface area contributed by atoms with Crippen molar-refractivity contribution in [2.75, 3.05) is 32.1 Å². The van der Waals surface area contributed by atoms with Crippen LogP contribution < -0.4 is 15.5 Å². The largest absolute Gasteiger partial charge is 0.494 e. The summed E-state index contributed by atoms with van der Waals surface area (Å²) in [5.74, 6) is 5.65. The number of rotatable bonds is 4. The van der Waals surface area contributed by atoms with Crippen molar-refractivity contribution in [1.29, 1.82) is 0 Å². The molecule has 0 atom stereocenters. The fourth-order valence-electron chi connectivity index (χ4n) is 4.29. The second-order valence-corrected chi connectivity index (χ2v) is 7.88. The molecule has 1 aliphatic rings. The highest BCUT2D eigenvalue weighted by Crippen LogP contribution is 2.34. The van der Waals surface area contributed by atoms with E-state index in [-0.39, 0.29) is 5.75 Å². The Hall–Kier alpha value is -3.30. The van der Waals surface area contributed by atoms with Crippen LogP contribution in [0.1, 0.15) is 12.8 Å². The van der Waals surface area contributed by atoms with Gasteiger partial charge in [0.2, 0.25) is 0 Å². The number of fused-ring (bicyclic) bond motifs is 2. The van der Waals surface area contributed by atoms with Gasteiger partial charge in [0.25, 0.3) is 0 Å². The van der Waals surface area contributed by atoms with Crippen molar-refractivity contribution < 1.29 is 9.13 Å². The standard InChI is InChI=1S/C22H24FN7O/c1-28(24)14-4-7-29(8-5-14)15-11-26-22-18(12-27-30(22)13-15)16-3-6-25-20-10-19(23)21(31-2)9-17(16)20/h3,6,9-14H,4-5,7-8,24H2,1-2H3. The molecular formula is C22H24FN7O. The van der Waals surface area contributed by atoms with E-state index in [2.05, 4.69) is 15.0 Å². The van der Waals surface area contributed by atoms with Crippen LogP contribution in [0.25, 0.3) is 27.7 Å². The van der Waals surface area contributed by atoms with Crippen LogP contribution in [-0.4, -0.2) is 57.9 Å². The number of benzene rings is 1. The van der Waals surface area contributed by atoms with Crippen LogP contribution in [0.4, 0.5) is 10.1 Å². The Balaban J connectivity index is 1.51. The van der Waals surface area contributed by atoms with Gasteiger partial charge in [-0.15, -0.1) is 0 Å². The third-order valence-corrected chi connectivity index (χ3v) is 6.05. The van der Waals surface area contributed by atoms with Crippen LogP contribution in [0.3, 0.4) is 0 Å². The molecule has 4 aromatic rings. The Kier molecular flexibility index (Phi) is 4.91. The molecule has 0 aliphatic carbocycles. The number of piperidine rings is 1. The number of methoxy groups -OCH3 is 1. The summed E-state index contributed by atoms with van der Waals surface area (Å²) >= 11 is 0. The van der Waals surface area contributed by atoms with Crippen LogP contribution in [0.15, 0.2) is 43.0 Å². The molecule has 0 saturated carbocycles. The Morgan fingerprint density at radius 3 is 2.71 bits per heavy atom. The van der Waals surface area contributed by atoms with Crippen molar-refractivity contribution in [3.63, 3.8) is 0 Å².